The molecule has 156 valence electrons. The number of carboxylic acid groups (broad SMARTS) is 1. The Morgan fingerprint density at radius 2 is 1.90 bits per heavy atom. The number of hydrogen-bond acceptors (Lipinski definition) is 6. The van der Waals surface area contributed by atoms with Gasteiger partial charge in [-0.2, -0.15) is 0 Å². The van der Waals surface area contributed by atoms with Crippen molar-refractivity contribution < 1.29 is 28.9 Å². The van der Waals surface area contributed by atoms with Crippen LogP contribution in [0, 0.1) is 0 Å². The summed E-state index contributed by atoms with van der Waals surface area (Å²) in [4.78, 5) is 31.7. The molecule has 3 rings (SSSR count). The van der Waals surface area contributed by atoms with Crippen molar-refractivity contribution in [2.45, 2.75) is 12.5 Å². The van der Waals surface area contributed by atoms with Crippen molar-refractivity contribution in [3.8, 4) is 11.5 Å². The molecule has 0 bridgehead atoms. The van der Waals surface area contributed by atoms with Gasteiger partial charge < -0.3 is 24.3 Å². The van der Waals surface area contributed by atoms with Crippen LogP contribution >= 0.6 is 0 Å². The molecular formula is C22H22N2O6. The number of H-pyrrole nitrogens is 1. The van der Waals surface area contributed by atoms with E-state index in [9.17, 15) is 14.7 Å². The molecule has 0 aliphatic carbocycles. The first-order valence-electron chi connectivity index (χ1n) is 9.14. The molecule has 2 aromatic carbocycles. The third kappa shape index (κ3) is 4.12. The van der Waals surface area contributed by atoms with Crippen LogP contribution in [-0.2, 0) is 16.0 Å². The standard InChI is InChI=1S/C22H22N2O6/c1-28-18-9-8-13(19(21(25)26)20(18)29-2)11-24-17(22(27)30-3)10-14-12-23-16-7-5-4-6-15(14)16/h4-9,11-12,17,23H,10H2,1-3H3,(H,25,26). The fourth-order valence-electron chi connectivity index (χ4n) is 3.28. The Morgan fingerprint density at radius 1 is 1.13 bits per heavy atom. The lowest BCUT2D eigenvalue weighted by atomic mass is 10.0. The van der Waals surface area contributed by atoms with Gasteiger partial charge in [-0.05, 0) is 23.8 Å². The highest BCUT2D eigenvalue weighted by molar-refractivity contribution is 6.02. The van der Waals surface area contributed by atoms with Crippen molar-refractivity contribution in [2.24, 2.45) is 4.99 Å². The predicted octanol–water partition coefficient (Wildman–Crippen LogP) is 3.09. The highest BCUT2D eigenvalue weighted by Gasteiger charge is 2.23. The third-order valence-corrected chi connectivity index (χ3v) is 4.75. The van der Waals surface area contributed by atoms with Gasteiger partial charge in [0.05, 0.1) is 21.3 Å². The molecule has 0 aliphatic rings. The first-order chi connectivity index (χ1) is 14.5. The smallest absolute Gasteiger partial charge is 0.340 e. The van der Waals surface area contributed by atoms with Crippen molar-refractivity contribution in [3.63, 3.8) is 0 Å². The molecule has 1 heterocycles. The van der Waals surface area contributed by atoms with Crippen LogP contribution in [0.5, 0.6) is 11.5 Å². The van der Waals surface area contributed by atoms with Crippen LogP contribution in [-0.4, -0.2) is 55.6 Å². The number of rotatable bonds is 8. The molecule has 0 spiro atoms. The Kier molecular flexibility index (Phi) is 6.36. The monoisotopic (exact) mass is 410 g/mol. The molecule has 0 radical (unpaired) electrons. The molecule has 8 heteroatoms. The van der Waals surface area contributed by atoms with Crippen molar-refractivity contribution in [2.75, 3.05) is 21.3 Å². The van der Waals surface area contributed by atoms with Gasteiger partial charge in [-0.3, -0.25) is 4.99 Å². The highest BCUT2D eigenvalue weighted by Crippen LogP contribution is 2.33. The van der Waals surface area contributed by atoms with Crippen LogP contribution in [0.2, 0.25) is 0 Å². The summed E-state index contributed by atoms with van der Waals surface area (Å²) in [5.74, 6) is -1.34. The highest BCUT2D eigenvalue weighted by atomic mass is 16.5. The summed E-state index contributed by atoms with van der Waals surface area (Å²) in [6, 6.07) is 10.0. The minimum atomic E-state index is -1.20. The van der Waals surface area contributed by atoms with Crippen LogP contribution in [0.3, 0.4) is 0 Å². The average Bonchev–Trinajstić information content (AvgIpc) is 3.17. The molecule has 0 aliphatic heterocycles. The van der Waals surface area contributed by atoms with E-state index in [4.69, 9.17) is 14.2 Å². The number of aromatic amines is 1. The van der Waals surface area contributed by atoms with Gasteiger partial charge in [0.1, 0.15) is 5.56 Å². The van der Waals surface area contributed by atoms with Crippen LogP contribution < -0.4 is 9.47 Å². The number of aliphatic imine (C=N–C) groups is 1. The quantitative estimate of drug-likeness (QED) is 0.436. The van der Waals surface area contributed by atoms with Crippen LogP contribution in [0.15, 0.2) is 47.6 Å². The van der Waals surface area contributed by atoms with Gasteiger partial charge in [0.15, 0.2) is 17.5 Å². The molecule has 2 N–H and O–H groups in total. The summed E-state index contributed by atoms with van der Waals surface area (Å²) < 4.78 is 15.3. The molecule has 30 heavy (non-hydrogen) atoms. The van der Waals surface area contributed by atoms with Gasteiger partial charge in [-0.15, -0.1) is 0 Å². The molecule has 1 aromatic heterocycles. The lowest BCUT2D eigenvalue weighted by Crippen LogP contribution is -2.23. The maximum atomic E-state index is 12.3. The minimum absolute atomic E-state index is 0.0835. The third-order valence-electron chi connectivity index (χ3n) is 4.75. The number of nitrogens with one attached hydrogen (secondary N) is 1. The van der Waals surface area contributed by atoms with Gasteiger partial charge >= 0.3 is 11.9 Å². The molecule has 1 atom stereocenters. The number of nitrogens with zero attached hydrogens (tertiary/aromatic N) is 1. The van der Waals surface area contributed by atoms with E-state index in [-0.39, 0.29) is 22.6 Å². The first kappa shape index (κ1) is 20.9. The van der Waals surface area contributed by atoms with Gasteiger partial charge in [-0.25, -0.2) is 9.59 Å². The number of ether oxygens (including phenoxy) is 3. The number of hydrogen-bond donors (Lipinski definition) is 2. The molecule has 0 saturated heterocycles. The number of aromatic nitrogens is 1. The topological polar surface area (TPSA) is 110 Å². The average molecular weight is 410 g/mol. The van der Waals surface area contributed by atoms with Crippen molar-refractivity contribution in [3.05, 3.63) is 59.3 Å². The normalized spacial score (nSPS) is 12.1. The van der Waals surface area contributed by atoms with Crippen molar-refractivity contribution in [1.82, 2.24) is 4.98 Å². The number of fused-ring (bicyclic) bond motifs is 1. The Bertz CT molecular complexity index is 1100. The number of para-hydroxylation sites is 1. The number of carboxylic acids is 1. The maximum Gasteiger partial charge on any atom is 0.340 e. The molecule has 3 aromatic rings. The van der Waals surface area contributed by atoms with E-state index in [0.717, 1.165) is 16.5 Å². The van der Waals surface area contributed by atoms with E-state index in [0.29, 0.717) is 6.42 Å². The van der Waals surface area contributed by atoms with Gasteiger partial charge in [0.2, 0.25) is 0 Å². The second kappa shape index (κ2) is 9.13. The number of carbonyl (C=O) groups is 2. The zero-order valence-corrected chi connectivity index (χ0v) is 16.8. The maximum absolute atomic E-state index is 12.3. The molecule has 0 amide bonds. The predicted molar refractivity (Wildman–Crippen MR) is 112 cm³/mol. The largest absolute Gasteiger partial charge is 0.493 e. The number of aromatic carboxylic acids is 1. The van der Waals surface area contributed by atoms with Gasteiger partial charge in [0, 0.05) is 35.3 Å². The van der Waals surface area contributed by atoms with E-state index in [1.807, 2.05) is 30.5 Å². The lowest BCUT2D eigenvalue weighted by molar-refractivity contribution is -0.142. The SMILES string of the molecule is COC(=O)C(Cc1c[nH]c2ccccc12)N=Cc1ccc(OC)c(OC)c1C(=O)O. The summed E-state index contributed by atoms with van der Waals surface area (Å²) in [6.07, 6.45) is 3.47. The van der Waals surface area contributed by atoms with Gasteiger partial charge in [-0.1, -0.05) is 18.2 Å². The van der Waals surface area contributed by atoms with Crippen LogP contribution in [0.1, 0.15) is 21.5 Å². The fourth-order valence-corrected chi connectivity index (χ4v) is 3.28. The summed E-state index contributed by atoms with van der Waals surface area (Å²) >= 11 is 0. The van der Waals surface area contributed by atoms with Gasteiger partial charge in [0.25, 0.3) is 0 Å². The number of carbonyl (C=O) groups excluding carboxylic acids is 1. The first-order valence-corrected chi connectivity index (χ1v) is 9.14. The Morgan fingerprint density at radius 3 is 2.57 bits per heavy atom. The second-order valence-electron chi connectivity index (χ2n) is 6.45. The molecule has 1 unspecified atom stereocenters. The second-order valence-corrected chi connectivity index (χ2v) is 6.45. The number of esters is 1. The molecule has 0 saturated carbocycles. The van der Waals surface area contributed by atoms with E-state index in [2.05, 4.69) is 9.98 Å². The zero-order valence-electron chi connectivity index (χ0n) is 16.8. The summed E-state index contributed by atoms with van der Waals surface area (Å²) in [5.41, 5.74) is 2.04. The Balaban J connectivity index is 1.98. The van der Waals surface area contributed by atoms with E-state index in [1.165, 1.54) is 27.5 Å². The fraction of sp³-hybridized carbons (Fsp3) is 0.227. The lowest BCUT2D eigenvalue weighted by Gasteiger charge is -2.13. The summed E-state index contributed by atoms with van der Waals surface area (Å²) in [5, 5.41) is 10.6. The Hall–Kier alpha value is -3.81. The van der Waals surface area contributed by atoms with Crippen molar-refractivity contribution in [1.29, 1.82) is 0 Å². The van der Waals surface area contributed by atoms with E-state index >= 15 is 0 Å². The Labute approximate surface area is 173 Å². The minimum Gasteiger partial charge on any atom is -0.493 e. The molecule has 0 fully saturated rings. The molecular weight excluding hydrogens is 388 g/mol. The van der Waals surface area contributed by atoms with Crippen LogP contribution in [0.4, 0.5) is 0 Å². The summed E-state index contributed by atoms with van der Waals surface area (Å²) in [7, 11) is 4.07. The zero-order chi connectivity index (χ0) is 21.7. The van der Waals surface area contributed by atoms with E-state index in [1.54, 1.807) is 12.1 Å². The van der Waals surface area contributed by atoms with Crippen molar-refractivity contribution >= 4 is 29.1 Å². The number of methoxy groups -OCH3 is 3. The number of benzene rings is 2. The van der Waals surface area contributed by atoms with E-state index < -0.39 is 18.0 Å². The summed E-state index contributed by atoms with van der Waals surface area (Å²) in [6.45, 7) is 0. The van der Waals surface area contributed by atoms with Crippen LogP contribution in [0.25, 0.3) is 10.9 Å². The molecule has 8 nitrogen and oxygen atoms in total.